The summed E-state index contributed by atoms with van der Waals surface area (Å²) in [5, 5.41) is 0.758. The summed E-state index contributed by atoms with van der Waals surface area (Å²) in [5.41, 5.74) is 2.41. The molecule has 3 heterocycles. The van der Waals surface area contributed by atoms with Crippen LogP contribution in [-0.4, -0.2) is 23.8 Å². The molecule has 0 spiro atoms. The number of pyridine rings is 1. The molecule has 6 rings (SSSR count). The molecule has 2 aliphatic heterocycles. The van der Waals surface area contributed by atoms with Crippen LogP contribution in [-0.2, 0) is 4.79 Å². The van der Waals surface area contributed by atoms with Crippen molar-refractivity contribution in [3.05, 3.63) is 105 Å². The Bertz CT molecular complexity index is 1620. The van der Waals surface area contributed by atoms with E-state index in [1.807, 2.05) is 36.4 Å². The van der Waals surface area contributed by atoms with Crippen molar-refractivity contribution >= 4 is 28.7 Å². The molecule has 0 bridgehead atoms. The number of esters is 1. The zero-order valence-electron chi connectivity index (χ0n) is 18.7. The molecular formula is C28H19NO6. The van der Waals surface area contributed by atoms with E-state index in [0.29, 0.717) is 33.7 Å². The zero-order valence-corrected chi connectivity index (χ0v) is 18.7. The molecule has 0 saturated carbocycles. The maximum absolute atomic E-state index is 13.1. The van der Waals surface area contributed by atoms with Crippen LogP contribution in [0.1, 0.15) is 39.4 Å². The largest absolute Gasteiger partial charge is 0.497 e. The first-order valence-electron chi connectivity index (χ1n) is 11.1. The van der Waals surface area contributed by atoms with E-state index in [0.717, 1.165) is 10.9 Å². The molecule has 0 saturated heterocycles. The summed E-state index contributed by atoms with van der Waals surface area (Å²) in [7, 11) is 1.57. The summed E-state index contributed by atoms with van der Waals surface area (Å²) in [4.78, 5) is 41.6. The summed E-state index contributed by atoms with van der Waals surface area (Å²) in [5.74, 6) is 0.0407. The highest BCUT2D eigenvalue weighted by Crippen LogP contribution is 2.48. The monoisotopic (exact) mass is 465 g/mol. The Hall–Kier alpha value is -4.65. The van der Waals surface area contributed by atoms with Crippen LogP contribution in [0.4, 0.5) is 0 Å². The fourth-order valence-electron chi connectivity index (χ4n) is 4.66. The average Bonchev–Trinajstić information content (AvgIpc) is 3.18. The van der Waals surface area contributed by atoms with Crippen LogP contribution in [0, 0.1) is 0 Å². The highest BCUT2D eigenvalue weighted by Gasteiger charge is 2.39. The standard InChI is InChI=1S/C28H19NO6/c1-33-17-7-9-21-16(12-17)13-20(28(32)29-21)19-14-24(30)34-22-10-8-18-26(31)23(35-27(18)25(19)22)11-15-5-3-2-4-6-15/h2-13,19H,14H2,1H3,(H,29,32)/b23-11-/t19-/m1/s1. The minimum absolute atomic E-state index is 0.0582. The number of aromatic amines is 1. The number of hydrogen-bond acceptors (Lipinski definition) is 6. The van der Waals surface area contributed by atoms with Crippen molar-refractivity contribution in [2.45, 2.75) is 12.3 Å². The Labute approximate surface area is 199 Å². The maximum Gasteiger partial charge on any atom is 0.312 e. The van der Waals surface area contributed by atoms with Crippen LogP contribution in [0.25, 0.3) is 17.0 Å². The Kier molecular flexibility index (Phi) is 4.77. The molecule has 35 heavy (non-hydrogen) atoms. The number of benzene rings is 3. The van der Waals surface area contributed by atoms with Gasteiger partial charge >= 0.3 is 5.97 Å². The molecule has 7 heteroatoms. The van der Waals surface area contributed by atoms with Gasteiger partial charge in [-0.15, -0.1) is 0 Å². The predicted octanol–water partition coefficient (Wildman–Crippen LogP) is 4.59. The van der Waals surface area contributed by atoms with Crippen molar-refractivity contribution in [3.63, 3.8) is 0 Å². The smallest absolute Gasteiger partial charge is 0.312 e. The molecule has 172 valence electrons. The number of hydrogen-bond donors (Lipinski definition) is 1. The molecule has 3 aromatic carbocycles. The third-order valence-electron chi connectivity index (χ3n) is 6.33. The van der Waals surface area contributed by atoms with Crippen molar-refractivity contribution in [1.29, 1.82) is 0 Å². The van der Waals surface area contributed by atoms with Crippen molar-refractivity contribution in [2.75, 3.05) is 7.11 Å². The summed E-state index contributed by atoms with van der Waals surface area (Å²) in [6.07, 6.45) is 1.62. The molecule has 7 nitrogen and oxygen atoms in total. The average molecular weight is 465 g/mol. The van der Waals surface area contributed by atoms with Crippen LogP contribution in [0.5, 0.6) is 17.2 Å². The van der Waals surface area contributed by atoms with Crippen molar-refractivity contribution in [2.24, 2.45) is 0 Å². The number of ether oxygens (including phenoxy) is 3. The number of aromatic nitrogens is 1. The van der Waals surface area contributed by atoms with Gasteiger partial charge in [0.15, 0.2) is 5.76 Å². The summed E-state index contributed by atoms with van der Waals surface area (Å²) >= 11 is 0. The van der Waals surface area contributed by atoms with Gasteiger partial charge in [0, 0.05) is 27.9 Å². The highest BCUT2D eigenvalue weighted by atomic mass is 16.5. The van der Waals surface area contributed by atoms with E-state index < -0.39 is 11.9 Å². The number of fused-ring (bicyclic) bond motifs is 4. The lowest BCUT2D eigenvalue weighted by molar-refractivity contribution is -0.135. The Morgan fingerprint density at radius 2 is 1.80 bits per heavy atom. The molecule has 0 aliphatic carbocycles. The fourth-order valence-corrected chi connectivity index (χ4v) is 4.66. The third-order valence-corrected chi connectivity index (χ3v) is 6.33. The number of carbonyl (C=O) groups excluding carboxylic acids is 2. The second kappa shape index (κ2) is 7.99. The van der Waals surface area contributed by atoms with Gasteiger partial charge in [-0.2, -0.15) is 0 Å². The summed E-state index contributed by atoms with van der Waals surface area (Å²) in [6.45, 7) is 0. The lowest BCUT2D eigenvalue weighted by Gasteiger charge is -2.26. The van der Waals surface area contributed by atoms with E-state index in [1.54, 1.807) is 43.5 Å². The lowest BCUT2D eigenvalue weighted by atomic mass is 9.85. The molecule has 2 aliphatic rings. The molecule has 0 unspecified atom stereocenters. The van der Waals surface area contributed by atoms with Crippen LogP contribution in [0.3, 0.4) is 0 Å². The van der Waals surface area contributed by atoms with Crippen LogP contribution in [0.15, 0.2) is 77.3 Å². The molecule has 1 aromatic heterocycles. The maximum atomic E-state index is 13.1. The summed E-state index contributed by atoms with van der Waals surface area (Å²) in [6, 6.07) is 19.6. The number of carbonyl (C=O) groups is 2. The van der Waals surface area contributed by atoms with Crippen LogP contribution in [0.2, 0.25) is 0 Å². The third kappa shape index (κ3) is 3.49. The number of rotatable bonds is 3. The second-order valence-electron chi connectivity index (χ2n) is 8.44. The first-order chi connectivity index (χ1) is 17.0. The van der Waals surface area contributed by atoms with Gasteiger partial charge in [0.05, 0.1) is 19.1 Å². The lowest BCUT2D eigenvalue weighted by Crippen LogP contribution is -2.26. The number of ketones is 1. The number of methoxy groups -OCH3 is 1. The Morgan fingerprint density at radius 1 is 0.971 bits per heavy atom. The van der Waals surface area contributed by atoms with E-state index in [9.17, 15) is 14.4 Å². The van der Waals surface area contributed by atoms with Crippen LogP contribution < -0.4 is 19.8 Å². The quantitative estimate of drug-likeness (QED) is 0.270. The first-order valence-corrected chi connectivity index (χ1v) is 11.1. The number of Topliss-reactive ketones (excluding diaryl/α,β-unsaturated/α-hetero) is 1. The first kappa shape index (κ1) is 20.9. The fraction of sp³-hybridized carbons (Fsp3) is 0.107. The van der Waals surface area contributed by atoms with Gasteiger partial charge in [0.25, 0.3) is 5.56 Å². The minimum atomic E-state index is -0.649. The van der Waals surface area contributed by atoms with Crippen molar-refractivity contribution in [3.8, 4) is 17.2 Å². The van der Waals surface area contributed by atoms with Crippen molar-refractivity contribution < 1.29 is 23.8 Å². The molecule has 0 amide bonds. The van der Waals surface area contributed by atoms with E-state index in [-0.39, 0.29) is 29.3 Å². The molecule has 1 atom stereocenters. The molecule has 0 fully saturated rings. The van der Waals surface area contributed by atoms with Gasteiger partial charge in [-0.05, 0) is 48.0 Å². The zero-order chi connectivity index (χ0) is 24.1. The van der Waals surface area contributed by atoms with Gasteiger partial charge < -0.3 is 19.2 Å². The minimum Gasteiger partial charge on any atom is -0.497 e. The Morgan fingerprint density at radius 3 is 2.60 bits per heavy atom. The predicted molar refractivity (Wildman–Crippen MR) is 129 cm³/mol. The number of nitrogens with one attached hydrogen (secondary N) is 1. The van der Waals surface area contributed by atoms with Crippen molar-refractivity contribution in [1.82, 2.24) is 4.98 Å². The van der Waals surface area contributed by atoms with Gasteiger partial charge in [-0.1, -0.05) is 30.3 Å². The summed E-state index contributed by atoms with van der Waals surface area (Å²) < 4.78 is 16.9. The van der Waals surface area contributed by atoms with E-state index in [4.69, 9.17) is 14.2 Å². The Balaban J connectivity index is 1.51. The molecular weight excluding hydrogens is 446 g/mol. The van der Waals surface area contributed by atoms with E-state index >= 15 is 0 Å². The topological polar surface area (TPSA) is 94.7 Å². The molecule has 1 N–H and O–H groups in total. The van der Waals surface area contributed by atoms with Gasteiger partial charge in [-0.3, -0.25) is 14.4 Å². The normalized spacial score (nSPS) is 17.6. The van der Waals surface area contributed by atoms with E-state index in [1.165, 1.54) is 0 Å². The van der Waals surface area contributed by atoms with Gasteiger partial charge in [-0.25, -0.2) is 0 Å². The van der Waals surface area contributed by atoms with Crippen LogP contribution >= 0.6 is 0 Å². The van der Waals surface area contributed by atoms with Gasteiger partial charge in [0.2, 0.25) is 5.78 Å². The second-order valence-corrected chi connectivity index (χ2v) is 8.44. The van der Waals surface area contributed by atoms with Gasteiger partial charge in [0.1, 0.15) is 17.2 Å². The van der Waals surface area contributed by atoms with E-state index in [2.05, 4.69) is 4.98 Å². The SMILES string of the molecule is COc1ccc2[nH]c(=O)c([C@H]3CC(=O)Oc4ccc5c(c43)O/C(=C\c3ccccc3)C5=O)cc2c1. The number of H-pyrrole nitrogens is 1. The number of allylic oxidation sites excluding steroid dienone is 1. The highest BCUT2D eigenvalue weighted by molar-refractivity contribution is 6.15. The molecule has 0 radical (unpaired) electrons. The molecule has 4 aromatic rings.